The summed E-state index contributed by atoms with van der Waals surface area (Å²) in [5.41, 5.74) is 6.10. The van der Waals surface area contributed by atoms with Crippen molar-refractivity contribution in [3.05, 3.63) is 64.9 Å². The minimum Gasteiger partial charge on any atom is -0.505 e. The molecule has 1 amide bonds. The number of nitrogens with zero attached hydrogens (tertiary/aromatic N) is 1. The third-order valence-corrected chi connectivity index (χ3v) is 4.47. The van der Waals surface area contributed by atoms with E-state index < -0.39 is 35.1 Å². The van der Waals surface area contributed by atoms with Crippen molar-refractivity contribution < 1.29 is 23.5 Å². The molecule has 134 valence electrons. The van der Waals surface area contributed by atoms with Crippen LogP contribution < -0.4 is 5.73 Å². The second-order valence-corrected chi connectivity index (χ2v) is 6.07. The van der Waals surface area contributed by atoms with E-state index in [4.69, 9.17) is 5.73 Å². The number of primary amides is 1. The number of hydrogen-bond acceptors (Lipinski definition) is 3. The molecule has 0 fully saturated rings. The van der Waals surface area contributed by atoms with Crippen LogP contribution in [-0.2, 0) is 4.79 Å². The first-order valence-corrected chi connectivity index (χ1v) is 7.86. The highest BCUT2D eigenvalue weighted by atomic mass is 19.1. The summed E-state index contributed by atoms with van der Waals surface area (Å²) in [4.78, 5) is 24.6. The fourth-order valence-electron chi connectivity index (χ4n) is 3.16. The van der Waals surface area contributed by atoms with Crippen LogP contribution in [0.25, 0.3) is 10.9 Å². The van der Waals surface area contributed by atoms with Gasteiger partial charge in [0.25, 0.3) is 5.91 Å². The first-order valence-electron chi connectivity index (χ1n) is 7.86. The van der Waals surface area contributed by atoms with E-state index in [0.717, 1.165) is 12.1 Å². The molecule has 3 aromatic rings. The Morgan fingerprint density at radius 1 is 1.19 bits per heavy atom. The van der Waals surface area contributed by atoms with E-state index in [-0.39, 0.29) is 22.0 Å². The number of hydrogen-bond donors (Lipinski definition) is 2. The summed E-state index contributed by atoms with van der Waals surface area (Å²) >= 11 is 0. The third-order valence-electron chi connectivity index (χ3n) is 4.47. The Kier molecular flexibility index (Phi) is 4.23. The quantitative estimate of drug-likeness (QED) is 0.754. The number of halogens is 2. The molecular formula is C19H16F2N2O3. The first kappa shape index (κ1) is 17.6. The van der Waals surface area contributed by atoms with Crippen molar-refractivity contribution in [3.8, 4) is 5.75 Å². The van der Waals surface area contributed by atoms with Crippen LogP contribution in [0.4, 0.5) is 8.78 Å². The number of benzene rings is 2. The number of carbonyl (C=O) groups is 2. The van der Waals surface area contributed by atoms with Crippen LogP contribution >= 0.6 is 0 Å². The number of aromatic hydroxyl groups is 1. The zero-order chi connectivity index (χ0) is 19.2. The summed E-state index contributed by atoms with van der Waals surface area (Å²) in [6.45, 7) is 3.03. The lowest BCUT2D eigenvalue weighted by molar-refractivity contribution is -0.119. The van der Waals surface area contributed by atoms with Gasteiger partial charge < -0.3 is 10.8 Å². The molecule has 0 spiro atoms. The number of phenols is 1. The summed E-state index contributed by atoms with van der Waals surface area (Å²) in [6.07, 6.45) is 0. The number of nitrogens with two attached hydrogens (primary N) is 1. The normalized spacial score (nSPS) is 12.3. The lowest BCUT2D eigenvalue weighted by Gasteiger charge is -2.10. The van der Waals surface area contributed by atoms with E-state index in [0.29, 0.717) is 5.69 Å². The highest BCUT2D eigenvalue weighted by molar-refractivity contribution is 6.05. The van der Waals surface area contributed by atoms with E-state index in [2.05, 4.69) is 0 Å². The number of rotatable bonds is 3. The van der Waals surface area contributed by atoms with Crippen LogP contribution in [0.15, 0.2) is 36.4 Å². The first-order chi connectivity index (χ1) is 12.2. The number of amides is 1. The maximum Gasteiger partial charge on any atom is 0.262 e. The monoisotopic (exact) mass is 358 g/mol. The minimum absolute atomic E-state index is 0.0569. The molecule has 1 atom stereocenters. The average Bonchev–Trinajstić information content (AvgIpc) is 2.89. The van der Waals surface area contributed by atoms with Crippen LogP contribution in [0.1, 0.15) is 34.5 Å². The van der Waals surface area contributed by atoms with E-state index in [1.54, 1.807) is 6.92 Å². The fraction of sp³-hybridized carbons (Fsp3) is 0.158. The summed E-state index contributed by atoms with van der Waals surface area (Å²) < 4.78 is 29.3. The number of phenolic OH excluding ortho intramolecular Hbond substituents is 1. The molecule has 7 heteroatoms. The standard InChI is InChI=1S/C19H16F2N2O3/c1-9(18(22)25)15-10(2)23(13-6-7-14(24)17(21)16(13)15)19(26)11-4-3-5-12(20)8-11/h3-9,24H,1-2H3,(H2,22,25)/t9-/m0/s1. The van der Waals surface area contributed by atoms with E-state index >= 15 is 0 Å². The van der Waals surface area contributed by atoms with Gasteiger partial charge in [-0.05, 0) is 49.7 Å². The van der Waals surface area contributed by atoms with Crippen molar-refractivity contribution in [3.63, 3.8) is 0 Å². The van der Waals surface area contributed by atoms with Gasteiger partial charge >= 0.3 is 0 Å². The van der Waals surface area contributed by atoms with Crippen molar-refractivity contribution in [1.82, 2.24) is 4.57 Å². The van der Waals surface area contributed by atoms with Gasteiger partial charge in [0.1, 0.15) is 5.82 Å². The molecule has 0 aliphatic carbocycles. The highest BCUT2D eigenvalue weighted by Crippen LogP contribution is 2.37. The van der Waals surface area contributed by atoms with Gasteiger partial charge in [0, 0.05) is 16.6 Å². The maximum absolute atomic E-state index is 14.6. The Bertz CT molecular complexity index is 1060. The molecule has 0 saturated carbocycles. The van der Waals surface area contributed by atoms with Gasteiger partial charge in [-0.1, -0.05) is 6.07 Å². The molecular weight excluding hydrogens is 342 g/mol. The number of carbonyl (C=O) groups excluding carboxylic acids is 2. The van der Waals surface area contributed by atoms with Gasteiger partial charge in [-0.3, -0.25) is 14.2 Å². The molecule has 1 aromatic heterocycles. The molecule has 2 aromatic carbocycles. The van der Waals surface area contributed by atoms with Gasteiger partial charge in [-0.25, -0.2) is 8.78 Å². The van der Waals surface area contributed by atoms with Crippen LogP contribution in [0.5, 0.6) is 5.75 Å². The topological polar surface area (TPSA) is 85.3 Å². The lowest BCUT2D eigenvalue weighted by atomic mass is 9.97. The molecule has 0 aliphatic rings. The van der Waals surface area contributed by atoms with E-state index in [1.165, 1.54) is 35.8 Å². The second kappa shape index (κ2) is 6.25. The van der Waals surface area contributed by atoms with Gasteiger partial charge in [0.15, 0.2) is 11.6 Å². The van der Waals surface area contributed by atoms with Gasteiger partial charge in [0.2, 0.25) is 5.91 Å². The fourth-order valence-corrected chi connectivity index (χ4v) is 3.16. The van der Waals surface area contributed by atoms with Gasteiger partial charge in [-0.2, -0.15) is 0 Å². The Morgan fingerprint density at radius 3 is 2.50 bits per heavy atom. The zero-order valence-electron chi connectivity index (χ0n) is 14.1. The van der Waals surface area contributed by atoms with Crippen molar-refractivity contribution in [1.29, 1.82) is 0 Å². The Hall–Kier alpha value is -3.22. The van der Waals surface area contributed by atoms with Gasteiger partial charge in [-0.15, -0.1) is 0 Å². The van der Waals surface area contributed by atoms with Crippen LogP contribution in [0.3, 0.4) is 0 Å². The van der Waals surface area contributed by atoms with Crippen molar-refractivity contribution >= 4 is 22.7 Å². The summed E-state index contributed by atoms with van der Waals surface area (Å²) in [5, 5.41) is 9.66. The summed E-state index contributed by atoms with van der Waals surface area (Å²) in [5.74, 6) is -4.31. The smallest absolute Gasteiger partial charge is 0.262 e. The molecule has 0 saturated heterocycles. The Labute approximate surface area is 147 Å². The Balaban J connectivity index is 2.37. The molecule has 1 heterocycles. The van der Waals surface area contributed by atoms with Crippen molar-refractivity contribution in [2.24, 2.45) is 5.73 Å². The minimum atomic E-state index is -0.945. The molecule has 0 bridgehead atoms. The Morgan fingerprint density at radius 2 is 1.88 bits per heavy atom. The van der Waals surface area contributed by atoms with E-state index in [1.807, 2.05) is 0 Å². The van der Waals surface area contributed by atoms with Crippen molar-refractivity contribution in [2.45, 2.75) is 19.8 Å². The highest BCUT2D eigenvalue weighted by Gasteiger charge is 2.28. The van der Waals surface area contributed by atoms with Gasteiger partial charge in [0.05, 0.1) is 11.4 Å². The van der Waals surface area contributed by atoms with Crippen LogP contribution in [0.2, 0.25) is 0 Å². The van der Waals surface area contributed by atoms with E-state index in [9.17, 15) is 23.5 Å². The third kappa shape index (κ3) is 2.61. The van der Waals surface area contributed by atoms with Crippen LogP contribution in [0, 0.1) is 18.6 Å². The SMILES string of the molecule is Cc1c([C@H](C)C(N)=O)c2c(F)c(O)ccc2n1C(=O)c1cccc(F)c1. The number of fused-ring (bicyclic) bond motifs is 1. The van der Waals surface area contributed by atoms with Crippen molar-refractivity contribution in [2.75, 3.05) is 0 Å². The summed E-state index contributed by atoms with van der Waals surface area (Å²) in [7, 11) is 0. The summed E-state index contributed by atoms with van der Waals surface area (Å²) in [6, 6.07) is 7.59. The maximum atomic E-state index is 14.6. The average molecular weight is 358 g/mol. The molecule has 5 nitrogen and oxygen atoms in total. The molecule has 0 radical (unpaired) electrons. The van der Waals surface area contributed by atoms with Crippen LogP contribution in [-0.4, -0.2) is 21.5 Å². The molecule has 3 rings (SSSR count). The number of aromatic nitrogens is 1. The predicted octanol–water partition coefficient (Wildman–Crippen LogP) is 3.21. The second-order valence-electron chi connectivity index (χ2n) is 6.07. The lowest BCUT2D eigenvalue weighted by Crippen LogP contribution is -2.20. The zero-order valence-corrected chi connectivity index (χ0v) is 14.1. The molecule has 3 N–H and O–H groups in total. The molecule has 26 heavy (non-hydrogen) atoms. The molecule has 0 aliphatic heterocycles. The molecule has 0 unspecified atom stereocenters. The predicted molar refractivity (Wildman–Crippen MR) is 92.0 cm³/mol. The largest absolute Gasteiger partial charge is 0.505 e.